The lowest BCUT2D eigenvalue weighted by molar-refractivity contribution is -0.146. The summed E-state index contributed by atoms with van der Waals surface area (Å²) >= 11 is 7.44. The van der Waals surface area contributed by atoms with Crippen LogP contribution < -0.4 is 0 Å². The molecule has 13 rings (SSSR count). The zero-order chi connectivity index (χ0) is 73.9. The summed E-state index contributed by atoms with van der Waals surface area (Å²) in [7, 11) is -0.924. The fraction of sp³-hybridized carbons (Fsp3) is 0.506. The molecule has 22 heteroatoms. The second-order valence-electron chi connectivity index (χ2n) is 28.0. The predicted octanol–water partition coefficient (Wildman–Crippen LogP) is 18.0. The summed E-state index contributed by atoms with van der Waals surface area (Å²) < 4.78 is 132. The first kappa shape index (κ1) is 82.9. The number of aryl methyl sites for hydroxylation is 1. The smallest absolute Gasteiger partial charge is 0.308 e. The van der Waals surface area contributed by atoms with Crippen LogP contribution in [0.4, 0.5) is 22.0 Å². The van der Waals surface area contributed by atoms with Gasteiger partial charge in [-0.15, -0.1) is 0 Å². The van der Waals surface area contributed by atoms with Crippen LogP contribution >= 0.6 is 31.9 Å². The number of carbonyl (C=O) groups is 2. The quantitative estimate of drug-likeness (QED) is 0.0215. The van der Waals surface area contributed by atoms with E-state index in [0.29, 0.717) is 69.4 Å². The number of aliphatic hydroxyl groups excluding tert-OH is 2. The Morgan fingerprint density at radius 2 is 0.874 bits per heavy atom. The van der Waals surface area contributed by atoms with Gasteiger partial charge in [0.1, 0.15) is 29.1 Å². The molecule has 562 valence electrons. The van der Waals surface area contributed by atoms with Gasteiger partial charge in [-0.2, -0.15) is 8.42 Å². The van der Waals surface area contributed by atoms with E-state index >= 15 is 0 Å². The second kappa shape index (κ2) is 41.4. The Bertz CT molecular complexity index is 3650. The van der Waals surface area contributed by atoms with Gasteiger partial charge in [-0.3, -0.25) is 13.8 Å². The average Bonchev–Trinajstić information content (AvgIpc) is 1.55. The highest BCUT2D eigenvalue weighted by atomic mass is 79.9. The molecule has 6 aromatic rings. The summed E-state index contributed by atoms with van der Waals surface area (Å²) in [5.74, 6) is -0.982. The van der Waals surface area contributed by atoms with Gasteiger partial charge in [-0.1, -0.05) is 122 Å². The van der Waals surface area contributed by atoms with Crippen LogP contribution in [0.1, 0.15) is 155 Å². The molecule has 7 saturated carbocycles. The van der Waals surface area contributed by atoms with Crippen molar-refractivity contribution in [2.75, 3.05) is 27.4 Å². The van der Waals surface area contributed by atoms with Gasteiger partial charge in [-0.05, 0) is 241 Å². The standard InChI is InChI=1S/C20H23FO4S.C14H15Br2FO.C14H17FO3.C13H17FO2.C13H15FO.C7H12O3/c1-15-2-10-20(11-3-15)26(22,23)25-14-17-6-9-19(12-17)24-13-16-4-7-18(21)8-5-16;15-14(16)9-13(14)6-5-12(7-13)18-8-10-1-3-11(17)4-2-10;1-17-14(16)11-4-7-13(8-11)18-9-10-2-5-12(15)6-3-10;14-12-4-1-10(2-5-12)9-16-13-6-3-11(7-13)8-15;1-10-2-7-13(8-10)15-9-11-3-5-12(14)6-4-11;1-10-7(9)5-2-3-6(8)4-5/h2-5,7-8,10-11,17,19H,6,9,12-14H2,1H3;1-4,12H,5-9H2;2-3,5-6,11,13H,4,7-9H2,1H3;1-2,4-5,11,13,15H,3,6-9H2;3-6,13H,1-2,7-9H2;5-6,8H,2-4H2,1H3. The molecule has 2 N–H and O–H groups in total. The molecule has 0 radical (unpaired) electrons. The van der Waals surface area contributed by atoms with Gasteiger partial charge in [0.05, 0.1) is 110 Å². The summed E-state index contributed by atoms with van der Waals surface area (Å²) in [5, 5.41) is 18.0. The number of alkyl halides is 2. The van der Waals surface area contributed by atoms with Gasteiger partial charge in [0.25, 0.3) is 10.1 Å². The van der Waals surface area contributed by atoms with Crippen molar-refractivity contribution >= 4 is 53.9 Å². The van der Waals surface area contributed by atoms with Crippen LogP contribution in [-0.2, 0) is 90.1 Å². The summed E-state index contributed by atoms with van der Waals surface area (Å²) in [5.41, 5.74) is 7.60. The third kappa shape index (κ3) is 28.2. The first-order chi connectivity index (χ1) is 49.4. The van der Waals surface area contributed by atoms with Crippen molar-refractivity contribution in [1.29, 1.82) is 0 Å². The van der Waals surface area contributed by atoms with Gasteiger partial charge in [0.15, 0.2) is 0 Å². The Balaban J connectivity index is 0.000000160. The van der Waals surface area contributed by atoms with E-state index < -0.39 is 10.1 Å². The number of hydrogen-bond donors (Lipinski definition) is 2. The third-order valence-electron chi connectivity index (χ3n) is 20.0. The van der Waals surface area contributed by atoms with Gasteiger partial charge in [0, 0.05) is 12.0 Å². The molecule has 103 heavy (non-hydrogen) atoms. The van der Waals surface area contributed by atoms with E-state index in [1.165, 1.54) is 93.3 Å². The molecule has 0 amide bonds. The summed E-state index contributed by atoms with van der Waals surface area (Å²) in [6.07, 6.45) is 18.6. The Hall–Kier alpha value is -5.76. The van der Waals surface area contributed by atoms with Crippen LogP contribution in [0.25, 0.3) is 0 Å². The number of benzene rings is 6. The van der Waals surface area contributed by atoms with E-state index in [2.05, 4.69) is 43.2 Å². The summed E-state index contributed by atoms with van der Waals surface area (Å²) in [4.78, 5) is 22.4. The molecule has 0 bridgehead atoms. The molecule has 7 aliphatic rings. The first-order valence-electron chi connectivity index (χ1n) is 35.6. The maximum Gasteiger partial charge on any atom is 0.308 e. The van der Waals surface area contributed by atoms with E-state index in [1.54, 1.807) is 84.9 Å². The molecule has 0 heterocycles. The zero-order valence-corrected chi connectivity index (χ0v) is 63.1. The van der Waals surface area contributed by atoms with Gasteiger partial charge >= 0.3 is 11.9 Å². The number of carbonyl (C=O) groups excluding carboxylic acids is 2. The van der Waals surface area contributed by atoms with Crippen molar-refractivity contribution in [3.8, 4) is 0 Å². The molecule has 7 fully saturated rings. The van der Waals surface area contributed by atoms with E-state index in [-0.39, 0.29) is 105 Å². The Kier molecular flexibility index (Phi) is 33.3. The Morgan fingerprint density at radius 1 is 0.495 bits per heavy atom. The van der Waals surface area contributed by atoms with Crippen molar-refractivity contribution in [3.05, 3.63) is 220 Å². The van der Waals surface area contributed by atoms with Crippen molar-refractivity contribution in [2.45, 2.75) is 207 Å². The number of aliphatic hydroxyl groups is 2. The number of methoxy groups -OCH3 is 2. The number of esters is 2. The molecule has 0 saturated heterocycles. The fourth-order valence-corrected chi connectivity index (χ4v) is 16.3. The third-order valence-corrected chi connectivity index (χ3v) is 23.5. The Labute approximate surface area is 621 Å². The molecule has 7 aliphatic carbocycles. The van der Waals surface area contributed by atoms with Crippen LogP contribution in [0.2, 0.25) is 0 Å². The molecule has 6 aromatic carbocycles. The highest BCUT2D eigenvalue weighted by molar-refractivity contribution is 9.25. The largest absolute Gasteiger partial charge is 0.469 e. The molecule has 0 aromatic heterocycles. The zero-order valence-electron chi connectivity index (χ0n) is 59.1. The topological polar surface area (TPSA) is 183 Å². The monoisotopic (exact) mass is 1580 g/mol. The van der Waals surface area contributed by atoms with Crippen LogP contribution in [0.5, 0.6) is 0 Å². The van der Waals surface area contributed by atoms with E-state index in [4.69, 9.17) is 42.8 Å². The number of rotatable bonds is 22. The summed E-state index contributed by atoms with van der Waals surface area (Å²) in [6.45, 7) is 8.85. The first-order valence-corrected chi connectivity index (χ1v) is 38.6. The lowest BCUT2D eigenvalue weighted by Crippen LogP contribution is -2.15. The maximum atomic E-state index is 12.9. The minimum absolute atomic E-state index is 0.0341. The Morgan fingerprint density at radius 3 is 1.24 bits per heavy atom. The van der Waals surface area contributed by atoms with E-state index in [1.807, 2.05) is 6.92 Å². The molecular formula is C81H99Br2F5O14S. The van der Waals surface area contributed by atoms with Crippen LogP contribution in [0.3, 0.4) is 0 Å². The predicted molar refractivity (Wildman–Crippen MR) is 390 cm³/mol. The van der Waals surface area contributed by atoms with E-state index in [9.17, 15) is 40.0 Å². The number of ether oxygens (including phenoxy) is 7. The van der Waals surface area contributed by atoms with Crippen molar-refractivity contribution in [2.24, 2.45) is 29.1 Å². The molecule has 11 atom stereocenters. The molecular weight excluding hydrogens is 1480 g/mol. The van der Waals surface area contributed by atoms with Crippen molar-refractivity contribution < 1.29 is 87.5 Å². The lowest BCUT2D eigenvalue weighted by Gasteiger charge is -2.13. The minimum Gasteiger partial charge on any atom is -0.469 e. The highest BCUT2D eigenvalue weighted by Gasteiger charge is 2.67. The van der Waals surface area contributed by atoms with Crippen molar-refractivity contribution in [1.82, 2.24) is 0 Å². The molecule has 14 nitrogen and oxygen atoms in total. The average molecular weight is 1580 g/mol. The SMILES string of the molecule is C=C1CCC(OCc2ccc(F)cc2)C1.COC(=O)C1CCC(O)C1.COC(=O)C1CCC(OCc2ccc(F)cc2)C1.Cc1ccc(S(=O)(=O)OCC2CCC(OCc3ccc(F)cc3)C2)cc1.Fc1ccc(COC2CCC3(C2)CC3(Br)Br)cc1.OCC1CCC(OCc2ccc(F)cc2)C1. The van der Waals surface area contributed by atoms with Gasteiger partial charge in [-0.25, -0.2) is 22.0 Å². The van der Waals surface area contributed by atoms with Crippen LogP contribution in [0, 0.1) is 65.1 Å². The van der Waals surface area contributed by atoms with Crippen molar-refractivity contribution in [3.63, 3.8) is 0 Å². The molecule has 1 spiro atoms. The van der Waals surface area contributed by atoms with Crippen LogP contribution in [-0.4, -0.2) is 97.9 Å². The summed E-state index contributed by atoms with van der Waals surface area (Å²) in [6, 6.07) is 38.5. The van der Waals surface area contributed by atoms with E-state index in [0.717, 1.165) is 130 Å². The lowest BCUT2D eigenvalue weighted by atomic mass is 10.1. The minimum atomic E-state index is -3.72. The molecule has 0 aliphatic heterocycles. The highest BCUT2D eigenvalue weighted by Crippen LogP contribution is 2.73. The number of halogens is 7. The maximum absolute atomic E-state index is 12.9. The fourth-order valence-electron chi connectivity index (χ4n) is 13.5. The van der Waals surface area contributed by atoms with Gasteiger partial charge < -0.3 is 43.4 Å². The normalized spacial score (nSPS) is 25.0. The second-order valence-corrected chi connectivity index (χ2v) is 33.4. The molecule has 11 unspecified atom stereocenters. The van der Waals surface area contributed by atoms with Crippen LogP contribution in [0.15, 0.2) is 163 Å². The number of hydrogen-bond acceptors (Lipinski definition) is 14. The van der Waals surface area contributed by atoms with Gasteiger partial charge in [0.2, 0.25) is 0 Å².